The van der Waals surface area contributed by atoms with E-state index in [1.807, 2.05) is 31.4 Å². The van der Waals surface area contributed by atoms with Gasteiger partial charge in [-0.2, -0.15) is 0 Å². The fraction of sp³-hybridized carbons (Fsp3) is 0.444. The van der Waals surface area contributed by atoms with Crippen LogP contribution in [0, 0.1) is 6.92 Å². The van der Waals surface area contributed by atoms with Crippen molar-refractivity contribution in [3.05, 3.63) is 45.4 Å². The molecule has 1 aromatic carbocycles. The highest BCUT2D eigenvalue weighted by Gasteiger charge is 2.27. The van der Waals surface area contributed by atoms with Gasteiger partial charge in [0.15, 0.2) is 0 Å². The summed E-state index contributed by atoms with van der Waals surface area (Å²) in [5.74, 6) is 0.943. The third kappa shape index (κ3) is 3.53. The SMILES string of the molecule is CCOc1cccc2c1CC[C@H]2NC(=O)N(C)Cc1nc(C)cs1. The summed E-state index contributed by atoms with van der Waals surface area (Å²) in [6.45, 7) is 5.14. The van der Waals surface area contributed by atoms with Crippen molar-refractivity contribution in [2.24, 2.45) is 0 Å². The lowest BCUT2D eigenvalue weighted by Gasteiger charge is -2.21. The van der Waals surface area contributed by atoms with Crippen LogP contribution in [0.1, 0.15) is 41.2 Å². The first kappa shape index (κ1) is 16.8. The Bertz CT molecular complexity index is 729. The van der Waals surface area contributed by atoms with Crippen LogP contribution in [0.2, 0.25) is 0 Å². The standard InChI is InChI=1S/C18H23N3O2S/c1-4-23-16-7-5-6-13-14(16)8-9-15(13)20-18(22)21(3)10-17-19-12(2)11-24-17/h5-7,11,15H,4,8-10H2,1-3H3,(H,20,22)/t15-/m1/s1. The van der Waals surface area contributed by atoms with Crippen LogP contribution in [0.3, 0.4) is 0 Å². The zero-order chi connectivity index (χ0) is 17.1. The number of rotatable bonds is 5. The number of amides is 2. The van der Waals surface area contributed by atoms with Crippen LogP contribution in [0.4, 0.5) is 4.79 Å². The van der Waals surface area contributed by atoms with E-state index in [9.17, 15) is 4.79 Å². The molecule has 0 radical (unpaired) electrons. The minimum Gasteiger partial charge on any atom is -0.494 e. The van der Waals surface area contributed by atoms with E-state index >= 15 is 0 Å². The van der Waals surface area contributed by atoms with Crippen molar-refractivity contribution < 1.29 is 9.53 Å². The minimum absolute atomic E-state index is 0.0494. The average Bonchev–Trinajstić information content (AvgIpc) is 3.15. The summed E-state index contributed by atoms with van der Waals surface area (Å²) in [5, 5.41) is 6.10. The molecule has 1 N–H and O–H groups in total. The Morgan fingerprint density at radius 2 is 2.33 bits per heavy atom. The van der Waals surface area contributed by atoms with E-state index in [1.54, 1.807) is 23.3 Å². The molecule has 1 aliphatic carbocycles. The number of hydrogen-bond acceptors (Lipinski definition) is 4. The Morgan fingerprint density at radius 3 is 3.04 bits per heavy atom. The molecule has 1 aliphatic rings. The van der Waals surface area contributed by atoms with Crippen molar-refractivity contribution in [1.82, 2.24) is 15.2 Å². The number of aromatic nitrogens is 1. The van der Waals surface area contributed by atoms with Gasteiger partial charge in [-0.3, -0.25) is 0 Å². The molecule has 5 nitrogen and oxygen atoms in total. The Hall–Kier alpha value is -2.08. The fourth-order valence-corrected chi connectivity index (χ4v) is 3.89. The predicted octanol–water partition coefficient (Wildman–Crippen LogP) is 3.68. The third-order valence-electron chi connectivity index (χ3n) is 4.21. The highest BCUT2D eigenvalue weighted by Crippen LogP contribution is 2.37. The molecule has 0 unspecified atom stereocenters. The quantitative estimate of drug-likeness (QED) is 0.899. The number of aryl methyl sites for hydroxylation is 1. The van der Waals surface area contributed by atoms with Crippen LogP contribution in [-0.2, 0) is 13.0 Å². The molecule has 1 atom stereocenters. The van der Waals surface area contributed by atoms with Crippen LogP contribution in [0.15, 0.2) is 23.6 Å². The first-order chi connectivity index (χ1) is 11.6. The first-order valence-electron chi connectivity index (χ1n) is 8.25. The van der Waals surface area contributed by atoms with Crippen LogP contribution >= 0.6 is 11.3 Å². The van der Waals surface area contributed by atoms with Crippen molar-refractivity contribution in [1.29, 1.82) is 0 Å². The molecule has 0 spiro atoms. The second-order valence-corrected chi connectivity index (χ2v) is 6.98. The maximum Gasteiger partial charge on any atom is 0.318 e. The normalized spacial score (nSPS) is 15.9. The molecule has 128 valence electrons. The number of nitrogens with one attached hydrogen (secondary N) is 1. The van der Waals surface area contributed by atoms with Gasteiger partial charge < -0.3 is 15.0 Å². The molecular weight excluding hydrogens is 322 g/mol. The van der Waals surface area contributed by atoms with Gasteiger partial charge in [0, 0.05) is 18.1 Å². The van der Waals surface area contributed by atoms with E-state index in [2.05, 4.69) is 16.4 Å². The van der Waals surface area contributed by atoms with Gasteiger partial charge in [0.1, 0.15) is 10.8 Å². The van der Waals surface area contributed by atoms with Gasteiger partial charge in [0.25, 0.3) is 0 Å². The Labute approximate surface area is 146 Å². The predicted molar refractivity (Wildman–Crippen MR) is 95.5 cm³/mol. The number of fused-ring (bicyclic) bond motifs is 1. The third-order valence-corrected chi connectivity index (χ3v) is 5.16. The van der Waals surface area contributed by atoms with Crippen molar-refractivity contribution in [3.63, 3.8) is 0 Å². The number of carbonyl (C=O) groups is 1. The molecule has 3 rings (SSSR count). The molecule has 0 saturated heterocycles. The lowest BCUT2D eigenvalue weighted by Crippen LogP contribution is -2.38. The van der Waals surface area contributed by atoms with Crippen molar-refractivity contribution in [2.45, 2.75) is 39.3 Å². The summed E-state index contributed by atoms with van der Waals surface area (Å²) in [5.41, 5.74) is 3.40. The van der Waals surface area contributed by atoms with Crippen LogP contribution in [-0.4, -0.2) is 29.6 Å². The number of hydrogen-bond donors (Lipinski definition) is 1. The maximum atomic E-state index is 12.5. The number of benzene rings is 1. The summed E-state index contributed by atoms with van der Waals surface area (Å²) in [6, 6.07) is 6.07. The molecule has 0 fully saturated rings. The number of ether oxygens (including phenoxy) is 1. The minimum atomic E-state index is -0.0671. The van der Waals surface area contributed by atoms with Crippen LogP contribution in [0.5, 0.6) is 5.75 Å². The van der Waals surface area contributed by atoms with E-state index in [0.29, 0.717) is 13.2 Å². The molecule has 24 heavy (non-hydrogen) atoms. The Kier molecular flexibility index (Phi) is 5.04. The van der Waals surface area contributed by atoms with Gasteiger partial charge >= 0.3 is 6.03 Å². The van der Waals surface area contributed by atoms with Gasteiger partial charge in [0.2, 0.25) is 0 Å². The Balaban J connectivity index is 1.65. The van der Waals surface area contributed by atoms with Gasteiger partial charge in [-0.25, -0.2) is 9.78 Å². The Morgan fingerprint density at radius 1 is 1.50 bits per heavy atom. The molecule has 2 aromatic rings. The first-order valence-corrected chi connectivity index (χ1v) is 9.13. The number of nitrogens with zero attached hydrogens (tertiary/aromatic N) is 2. The number of carbonyl (C=O) groups excluding carboxylic acids is 1. The van der Waals surface area contributed by atoms with E-state index in [0.717, 1.165) is 29.3 Å². The number of thiazole rings is 1. The van der Waals surface area contributed by atoms with E-state index in [4.69, 9.17) is 4.74 Å². The molecule has 0 saturated carbocycles. The topological polar surface area (TPSA) is 54.5 Å². The zero-order valence-electron chi connectivity index (χ0n) is 14.3. The van der Waals surface area contributed by atoms with Crippen LogP contribution in [0.25, 0.3) is 0 Å². The molecule has 1 heterocycles. The monoisotopic (exact) mass is 345 g/mol. The lowest BCUT2D eigenvalue weighted by molar-refractivity contribution is 0.202. The van der Waals surface area contributed by atoms with Gasteiger partial charge in [-0.15, -0.1) is 11.3 Å². The molecule has 6 heteroatoms. The summed E-state index contributed by atoms with van der Waals surface area (Å²) in [7, 11) is 1.80. The largest absolute Gasteiger partial charge is 0.494 e. The number of urea groups is 1. The zero-order valence-corrected chi connectivity index (χ0v) is 15.2. The molecular formula is C18H23N3O2S. The van der Waals surface area contributed by atoms with E-state index < -0.39 is 0 Å². The summed E-state index contributed by atoms with van der Waals surface area (Å²) < 4.78 is 5.70. The molecule has 2 amide bonds. The van der Waals surface area contributed by atoms with Crippen molar-refractivity contribution >= 4 is 17.4 Å². The maximum absolute atomic E-state index is 12.5. The van der Waals surface area contributed by atoms with Gasteiger partial charge in [-0.05, 0) is 43.9 Å². The summed E-state index contributed by atoms with van der Waals surface area (Å²) in [6.07, 6.45) is 1.85. The second kappa shape index (κ2) is 7.21. The smallest absolute Gasteiger partial charge is 0.318 e. The lowest BCUT2D eigenvalue weighted by atomic mass is 10.1. The molecule has 0 aliphatic heterocycles. The molecule has 1 aromatic heterocycles. The van der Waals surface area contributed by atoms with Gasteiger partial charge in [0.05, 0.1) is 19.2 Å². The van der Waals surface area contributed by atoms with E-state index in [-0.39, 0.29) is 12.1 Å². The van der Waals surface area contributed by atoms with Crippen molar-refractivity contribution in [3.8, 4) is 5.75 Å². The highest BCUT2D eigenvalue weighted by molar-refractivity contribution is 7.09. The summed E-state index contributed by atoms with van der Waals surface area (Å²) in [4.78, 5) is 18.6. The van der Waals surface area contributed by atoms with Crippen LogP contribution < -0.4 is 10.1 Å². The van der Waals surface area contributed by atoms with Gasteiger partial charge in [-0.1, -0.05) is 12.1 Å². The van der Waals surface area contributed by atoms with Crippen molar-refractivity contribution in [2.75, 3.05) is 13.7 Å². The fourth-order valence-electron chi connectivity index (χ4n) is 3.07. The average molecular weight is 345 g/mol. The second-order valence-electron chi connectivity index (χ2n) is 6.04. The highest BCUT2D eigenvalue weighted by atomic mass is 32.1. The van der Waals surface area contributed by atoms with E-state index in [1.165, 1.54) is 11.1 Å². The molecule has 0 bridgehead atoms. The summed E-state index contributed by atoms with van der Waals surface area (Å²) >= 11 is 1.58.